The van der Waals surface area contributed by atoms with E-state index >= 15 is 0 Å². The number of hydrogen-bond donors (Lipinski definition) is 1. The van der Waals surface area contributed by atoms with E-state index in [1.54, 1.807) is 16.7 Å². The maximum atomic E-state index is 12.7. The summed E-state index contributed by atoms with van der Waals surface area (Å²) in [5.74, 6) is 0.685. The van der Waals surface area contributed by atoms with Gasteiger partial charge in [-0.15, -0.1) is 12.4 Å². The van der Waals surface area contributed by atoms with E-state index in [0.717, 1.165) is 19.3 Å². The van der Waals surface area contributed by atoms with E-state index in [9.17, 15) is 4.79 Å². The molecule has 2 aromatic rings. The summed E-state index contributed by atoms with van der Waals surface area (Å²) in [4.78, 5) is 17.2. The molecule has 0 bridgehead atoms. The van der Waals surface area contributed by atoms with Crippen molar-refractivity contribution in [2.45, 2.75) is 38.3 Å². The van der Waals surface area contributed by atoms with Gasteiger partial charge < -0.3 is 5.73 Å². The lowest BCUT2D eigenvalue weighted by molar-refractivity contribution is 0.558. The van der Waals surface area contributed by atoms with Crippen LogP contribution in [0.1, 0.15) is 44.1 Å². The molecule has 1 aliphatic carbocycles. The molecule has 0 saturated heterocycles. The van der Waals surface area contributed by atoms with E-state index in [4.69, 9.17) is 17.3 Å². The lowest BCUT2D eigenvalue weighted by Crippen LogP contribution is -2.29. The second kappa shape index (κ2) is 5.72. The molecule has 0 radical (unpaired) electrons. The topological polar surface area (TPSA) is 60.9 Å². The van der Waals surface area contributed by atoms with Crippen LogP contribution in [0.4, 0.5) is 0 Å². The molecule has 3 rings (SSSR count). The quantitative estimate of drug-likeness (QED) is 0.946. The van der Waals surface area contributed by atoms with E-state index in [1.165, 1.54) is 0 Å². The van der Waals surface area contributed by atoms with Crippen LogP contribution < -0.4 is 11.3 Å². The number of aromatic nitrogens is 2. The predicted molar refractivity (Wildman–Crippen MR) is 83.8 cm³/mol. The van der Waals surface area contributed by atoms with Crippen molar-refractivity contribution in [1.29, 1.82) is 0 Å². The molecule has 2 N–H and O–H groups in total. The average molecular weight is 314 g/mol. The highest BCUT2D eigenvalue weighted by atomic mass is 35.5. The van der Waals surface area contributed by atoms with Crippen molar-refractivity contribution >= 4 is 34.9 Å². The molecule has 1 saturated carbocycles. The molecule has 1 aromatic heterocycles. The zero-order chi connectivity index (χ0) is 13.6. The summed E-state index contributed by atoms with van der Waals surface area (Å²) < 4.78 is 1.75. The number of rotatable bonds is 3. The third-order valence-corrected chi connectivity index (χ3v) is 3.90. The molecule has 0 amide bonds. The van der Waals surface area contributed by atoms with E-state index in [0.29, 0.717) is 21.7 Å². The Balaban J connectivity index is 0.00000147. The zero-order valence-corrected chi connectivity index (χ0v) is 12.7. The van der Waals surface area contributed by atoms with Crippen molar-refractivity contribution in [2.24, 2.45) is 5.73 Å². The Morgan fingerprint density at radius 1 is 1.50 bits per heavy atom. The molecule has 1 unspecified atom stereocenters. The fourth-order valence-electron chi connectivity index (χ4n) is 2.35. The van der Waals surface area contributed by atoms with Crippen LogP contribution in [-0.2, 0) is 0 Å². The van der Waals surface area contributed by atoms with Gasteiger partial charge in [-0.05, 0) is 31.4 Å². The smallest absolute Gasteiger partial charge is 0.263 e. The molecule has 1 atom stereocenters. The van der Waals surface area contributed by atoms with E-state index in [1.807, 2.05) is 13.0 Å². The molecule has 0 spiro atoms. The second-order valence-corrected chi connectivity index (χ2v) is 5.43. The summed E-state index contributed by atoms with van der Waals surface area (Å²) in [6, 6.07) is 5.37. The fourth-order valence-corrected chi connectivity index (χ4v) is 2.60. The zero-order valence-electron chi connectivity index (χ0n) is 11.2. The Bertz CT molecular complexity index is 695. The van der Waals surface area contributed by atoms with Crippen LogP contribution >= 0.6 is 24.0 Å². The van der Waals surface area contributed by atoms with Crippen molar-refractivity contribution in [3.63, 3.8) is 0 Å². The standard InChI is InChI=1S/C14H16ClN3O.ClH/c1-2-10(16)13-17-11-5-3-4-9(15)12(11)14(19)18(13)8-6-7-8;/h3-5,8,10H,2,6-7,16H2,1H3;1H. The van der Waals surface area contributed by atoms with Crippen molar-refractivity contribution in [3.05, 3.63) is 39.4 Å². The van der Waals surface area contributed by atoms with Gasteiger partial charge in [-0.2, -0.15) is 0 Å². The van der Waals surface area contributed by atoms with Gasteiger partial charge in [0.15, 0.2) is 0 Å². The minimum atomic E-state index is -0.211. The highest BCUT2D eigenvalue weighted by molar-refractivity contribution is 6.35. The molecule has 1 heterocycles. The van der Waals surface area contributed by atoms with Crippen molar-refractivity contribution in [1.82, 2.24) is 9.55 Å². The Labute approximate surface area is 128 Å². The molecule has 0 aliphatic heterocycles. The lowest BCUT2D eigenvalue weighted by Gasteiger charge is -2.17. The Kier molecular flexibility index (Phi) is 4.37. The third kappa shape index (κ3) is 2.43. The average Bonchev–Trinajstić information content (AvgIpc) is 3.21. The molecule has 108 valence electrons. The Hall–Kier alpha value is -1.10. The molecule has 1 fully saturated rings. The normalized spacial score (nSPS) is 15.9. The van der Waals surface area contributed by atoms with E-state index in [2.05, 4.69) is 4.98 Å². The van der Waals surface area contributed by atoms with Gasteiger partial charge >= 0.3 is 0 Å². The SMILES string of the molecule is CCC(N)c1nc2cccc(Cl)c2c(=O)n1C1CC1.Cl. The van der Waals surface area contributed by atoms with Gasteiger partial charge in [0, 0.05) is 6.04 Å². The summed E-state index contributed by atoms with van der Waals surface area (Å²) >= 11 is 6.14. The molecule has 4 nitrogen and oxygen atoms in total. The first kappa shape index (κ1) is 15.3. The largest absolute Gasteiger partial charge is 0.321 e. The highest BCUT2D eigenvalue weighted by Gasteiger charge is 2.30. The minimum Gasteiger partial charge on any atom is -0.321 e. The summed E-state index contributed by atoms with van der Waals surface area (Å²) in [7, 11) is 0. The summed E-state index contributed by atoms with van der Waals surface area (Å²) in [5.41, 5.74) is 6.68. The maximum Gasteiger partial charge on any atom is 0.263 e. The van der Waals surface area contributed by atoms with Gasteiger partial charge in [0.05, 0.1) is 22.0 Å². The number of hydrogen-bond acceptors (Lipinski definition) is 3. The predicted octanol–water partition coefficient (Wildman–Crippen LogP) is 3.22. The first-order chi connectivity index (χ1) is 9.13. The molecular weight excluding hydrogens is 297 g/mol. The lowest BCUT2D eigenvalue weighted by atomic mass is 10.2. The first-order valence-corrected chi connectivity index (χ1v) is 6.97. The van der Waals surface area contributed by atoms with Crippen LogP contribution in [0.2, 0.25) is 5.02 Å². The van der Waals surface area contributed by atoms with Crippen LogP contribution in [-0.4, -0.2) is 9.55 Å². The van der Waals surface area contributed by atoms with E-state index in [-0.39, 0.29) is 30.0 Å². The monoisotopic (exact) mass is 313 g/mol. The van der Waals surface area contributed by atoms with Crippen molar-refractivity contribution in [2.75, 3.05) is 0 Å². The number of nitrogens with zero attached hydrogens (tertiary/aromatic N) is 2. The summed E-state index contributed by atoms with van der Waals surface area (Å²) in [6.07, 6.45) is 2.78. The Morgan fingerprint density at radius 3 is 2.80 bits per heavy atom. The molecule has 1 aliphatic rings. The van der Waals surface area contributed by atoms with Crippen LogP contribution in [0.3, 0.4) is 0 Å². The number of fused-ring (bicyclic) bond motifs is 1. The molecule has 1 aromatic carbocycles. The van der Waals surface area contributed by atoms with Crippen molar-refractivity contribution in [3.8, 4) is 0 Å². The molecule has 6 heteroatoms. The van der Waals surface area contributed by atoms with Crippen molar-refractivity contribution < 1.29 is 0 Å². The first-order valence-electron chi connectivity index (χ1n) is 6.59. The van der Waals surface area contributed by atoms with Gasteiger partial charge in [-0.25, -0.2) is 4.98 Å². The molecule has 20 heavy (non-hydrogen) atoms. The van der Waals surface area contributed by atoms with Crippen LogP contribution in [0, 0.1) is 0 Å². The second-order valence-electron chi connectivity index (χ2n) is 5.03. The van der Waals surface area contributed by atoms with Crippen LogP contribution in [0.15, 0.2) is 23.0 Å². The highest BCUT2D eigenvalue weighted by Crippen LogP contribution is 2.36. The minimum absolute atomic E-state index is 0. The number of nitrogens with two attached hydrogens (primary N) is 1. The van der Waals surface area contributed by atoms with Gasteiger partial charge in [0.1, 0.15) is 5.82 Å². The van der Waals surface area contributed by atoms with Crippen LogP contribution in [0.5, 0.6) is 0 Å². The molecular formula is C14H17Cl2N3O. The van der Waals surface area contributed by atoms with E-state index < -0.39 is 0 Å². The number of benzene rings is 1. The van der Waals surface area contributed by atoms with Gasteiger partial charge in [0.2, 0.25) is 0 Å². The van der Waals surface area contributed by atoms with Crippen LogP contribution in [0.25, 0.3) is 10.9 Å². The van der Waals surface area contributed by atoms with Gasteiger partial charge in [-0.1, -0.05) is 24.6 Å². The number of halogens is 2. The summed E-state index contributed by atoms with van der Waals surface area (Å²) in [6.45, 7) is 2.00. The van der Waals surface area contributed by atoms with Gasteiger partial charge in [-0.3, -0.25) is 9.36 Å². The summed E-state index contributed by atoms with van der Waals surface area (Å²) in [5, 5.41) is 0.962. The Morgan fingerprint density at radius 2 is 2.20 bits per heavy atom. The maximum absolute atomic E-state index is 12.7. The fraction of sp³-hybridized carbons (Fsp3) is 0.429. The third-order valence-electron chi connectivity index (χ3n) is 3.59. The van der Waals surface area contributed by atoms with Gasteiger partial charge in [0.25, 0.3) is 5.56 Å².